The van der Waals surface area contributed by atoms with E-state index >= 15 is 0 Å². The number of amides is 1. The summed E-state index contributed by atoms with van der Waals surface area (Å²) in [5, 5.41) is 4.04. The van der Waals surface area contributed by atoms with Crippen molar-refractivity contribution < 1.29 is 14.1 Å². The Hall–Kier alpha value is -2.80. The van der Waals surface area contributed by atoms with Gasteiger partial charge < -0.3 is 14.2 Å². The van der Waals surface area contributed by atoms with E-state index in [2.05, 4.69) is 10.1 Å². The first kappa shape index (κ1) is 19.0. The highest BCUT2D eigenvalue weighted by Crippen LogP contribution is 2.28. The van der Waals surface area contributed by atoms with Crippen LogP contribution >= 0.6 is 11.8 Å². The Morgan fingerprint density at radius 3 is 2.67 bits per heavy atom. The maximum Gasteiger partial charge on any atom is 0.236 e. The lowest BCUT2D eigenvalue weighted by molar-refractivity contribution is -0.115. The molecule has 6 nitrogen and oxygen atoms in total. The maximum absolute atomic E-state index is 12.3. The van der Waals surface area contributed by atoms with Gasteiger partial charge in [0.05, 0.1) is 23.7 Å². The molecule has 0 saturated carbocycles. The fraction of sp³-hybridized carbons (Fsp3) is 0.250. The molecule has 0 saturated heterocycles. The molecule has 1 aromatic heterocycles. The second kappa shape index (κ2) is 9.23. The van der Waals surface area contributed by atoms with Crippen molar-refractivity contribution in [1.29, 1.82) is 0 Å². The maximum atomic E-state index is 12.3. The molecule has 2 aromatic carbocycles. The fourth-order valence-electron chi connectivity index (χ4n) is 2.47. The number of carbonyl (C=O) groups is 1. The minimum Gasteiger partial charge on any atom is -0.493 e. The molecule has 140 valence electrons. The van der Waals surface area contributed by atoms with Crippen LogP contribution in [0.1, 0.15) is 12.8 Å². The Kier molecular flexibility index (Phi) is 6.49. The van der Waals surface area contributed by atoms with Crippen molar-refractivity contribution in [2.45, 2.75) is 12.7 Å². The van der Waals surface area contributed by atoms with E-state index in [1.165, 1.54) is 11.8 Å². The number of nitrogens with zero attached hydrogens (tertiary/aromatic N) is 3. The summed E-state index contributed by atoms with van der Waals surface area (Å²) in [6, 6.07) is 17.1. The zero-order chi connectivity index (χ0) is 19.1. The molecular formula is C20H21N3O3S. The van der Waals surface area contributed by atoms with Gasteiger partial charge in [-0.15, -0.1) is 11.8 Å². The summed E-state index contributed by atoms with van der Waals surface area (Å²) in [6.45, 7) is 2.49. The quantitative estimate of drug-likeness (QED) is 0.585. The molecule has 0 atom stereocenters. The molecule has 0 aliphatic carbocycles. The van der Waals surface area contributed by atoms with Crippen molar-refractivity contribution in [1.82, 2.24) is 10.1 Å². The fourth-order valence-corrected chi connectivity index (χ4v) is 3.24. The van der Waals surface area contributed by atoms with Gasteiger partial charge in [-0.2, -0.15) is 4.98 Å². The first-order valence-corrected chi connectivity index (χ1v) is 9.78. The molecule has 3 aromatic rings. The van der Waals surface area contributed by atoms with Gasteiger partial charge in [-0.3, -0.25) is 4.79 Å². The van der Waals surface area contributed by atoms with E-state index in [-0.39, 0.29) is 5.91 Å². The number of anilines is 1. The summed E-state index contributed by atoms with van der Waals surface area (Å²) in [7, 11) is 1.77. The average molecular weight is 383 g/mol. The van der Waals surface area contributed by atoms with Crippen molar-refractivity contribution in [3.05, 3.63) is 60.5 Å². The number of carbonyl (C=O) groups excluding carboxylic acids is 1. The Balaban J connectivity index is 1.57. The predicted octanol–water partition coefficient (Wildman–Crippen LogP) is 4.03. The van der Waals surface area contributed by atoms with Crippen molar-refractivity contribution in [2.75, 3.05) is 24.3 Å². The minimum atomic E-state index is 0.0210. The number of hydrogen-bond acceptors (Lipinski definition) is 6. The highest BCUT2D eigenvalue weighted by atomic mass is 32.2. The summed E-state index contributed by atoms with van der Waals surface area (Å²) in [6.07, 6.45) is 0. The molecule has 0 N–H and O–H groups in total. The van der Waals surface area contributed by atoms with Crippen LogP contribution in [-0.2, 0) is 10.5 Å². The summed E-state index contributed by atoms with van der Waals surface area (Å²) >= 11 is 1.44. The summed E-state index contributed by atoms with van der Waals surface area (Å²) in [5.41, 5.74) is 1.66. The Morgan fingerprint density at radius 2 is 1.89 bits per heavy atom. The van der Waals surface area contributed by atoms with Gasteiger partial charge in [0.25, 0.3) is 0 Å². The molecule has 0 bridgehead atoms. The van der Waals surface area contributed by atoms with Crippen LogP contribution in [0.3, 0.4) is 0 Å². The Bertz CT molecular complexity index is 883. The summed E-state index contributed by atoms with van der Waals surface area (Å²) in [5.74, 6) is 2.52. The molecule has 7 heteroatoms. The minimum absolute atomic E-state index is 0.0210. The van der Waals surface area contributed by atoms with E-state index in [0.717, 1.165) is 17.0 Å². The topological polar surface area (TPSA) is 68.5 Å². The standard InChI is InChI=1S/C20H21N3O3S/c1-3-25-17-12-8-7-11-16(17)20-21-18(26-22-20)13-27-14-19(24)23(2)15-9-5-4-6-10-15/h4-12H,3,13-14H2,1-2H3. The van der Waals surface area contributed by atoms with Crippen molar-refractivity contribution >= 4 is 23.4 Å². The summed E-state index contributed by atoms with van der Waals surface area (Å²) < 4.78 is 10.9. The normalized spacial score (nSPS) is 10.6. The van der Waals surface area contributed by atoms with Crippen LogP contribution in [0.2, 0.25) is 0 Å². The zero-order valence-electron chi connectivity index (χ0n) is 15.3. The number of para-hydroxylation sites is 2. The second-order valence-electron chi connectivity index (χ2n) is 5.72. The molecule has 0 spiro atoms. The molecule has 0 aliphatic heterocycles. The highest BCUT2D eigenvalue weighted by Gasteiger charge is 2.15. The smallest absolute Gasteiger partial charge is 0.236 e. The zero-order valence-corrected chi connectivity index (χ0v) is 16.1. The van der Waals surface area contributed by atoms with Crippen LogP contribution in [0.15, 0.2) is 59.1 Å². The van der Waals surface area contributed by atoms with E-state index in [9.17, 15) is 4.79 Å². The van der Waals surface area contributed by atoms with Gasteiger partial charge in [0.1, 0.15) is 5.75 Å². The van der Waals surface area contributed by atoms with Gasteiger partial charge in [-0.1, -0.05) is 35.5 Å². The third-order valence-electron chi connectivity index (χ3n) is 3.86. The lowest BCUT2D eigenvalue weighted by Gasteiger charge is -2.16. The largest absolute Gasteiger partial charge is 0.493 e. The van der Waals surface area contributed by atoms with E-state index in [0.29, 0.717) is 29.8 Å². The monoisotopic (exact) mass is 383 g/mol. The van der Waals surface area contributed by atoms with Gasteiger partial charge in [0, 0.05) is 12.7 Å². The molecule has 0 radical (unpaired) electrons. The first-order valence-electron chi connectivity index (χ1n) is 8.63. The average Bonchev–Trinajstić information content (AvgIpc) is 3.17. The third kappa shape index (κ3) is 4.89. The number of ether oxygens (including phenoxy) is 1. The lowest BCUT2D eigenvalue weighted by atomic mass is 10.2. The Labute approximate surface area is 162 Å². The van der Waals surface area contributed by atoms with Crippen molar-refractivity contribution in [3.8, 4) is 17.1 Å². The van der Waals surface area contributed by atoms with E-state index in [4.69, 9.17) is 9.26 Å². The molecule has 0 aliphatic rings. The predicted molar refractivity (Wildman–Crippen MR) is 107 cm³/mol. The number of aromatic nitrogens is 2. The van der Waals surface area contributed by atoms with Crippen LogP contribution < -0.4 is 9.64 Å². The van der Waals surface area contributed by atoms with Gasteiger partial charge >= 0.3 is 0 Å². The van der Waals surface area contributed by atoms with Gasteiger partial charge in [-0.05, 0) is 31.2 Å². The van der Waals surface area contributed by atoms with Crippen LogP contribution in [-0.4, -0.2) is 35.5 Å². The molecule has 27 heavy (non-hydrogen) atoms. The van der Waals surface area contributed by atoms with Crippen molar-refractivity contribution in [2.24, 2.45) is 0 Å². The van der Waals surface area contributed by atoms with Crippen LogP contribution in [0.25, 0.3) is 11.4 Å². The number of benzene rings is 2. The van der Waals surface area contributed by atoms with Crippen LogP contribution in [0.5, 0.6) is 5.75 Å². The van der Waals surface area contributed by atoms with Crippen molar-refractivity contribution in [3.63, 3.8) is 0 Å². The molecular weight excluding hydrogens is 362 g/mol. The third-order valence-corrected chi connectivity index (χ3v) is 4.77. The Morgan fingerprint density at radius 1 is 1.15 bits per heavy atom. The molecule has 0 fully saturated rings. The SMILES string of the molecule is CCOc1ccccc1-c1noc(CSCC(=O)N(C)c2ccccc2)n1. The van der Waals surface area contributed by atoms with Crippen LogP contribution in [0, 0.1) is 0 Å². The van der Waals surface area contributed by atoms with Crippen LogP contribution in [0.4, 0.5) is 5.69 Å². The van der Waals surface area contributed by atoms with E-state index < -0.39 is 0 Å². The highest BCUT2D eigenvalue weighted by molar-refractivity contribution is 7.99. The number of rotatable bonds is 8. The van der Waals surface area contributed by atoms with Gasteiger partial charge in [-0.25, -0.2) is 0 Å². The first-order chi connectivity index (χ1) is 13.2. The number of hydrogen-bond donors (Lipinski definition) is 0. The molecule has 1 heterocycles. The summed E-state index contributed by atoms with van der Waals surface area (Å²) in [4.78, 5) is 18.4. The van der Waals surface area contributed by atoms with Gasteiger partial charge in [0.2, 0.25) is 17.6 Å². The molecule has 0 unspecified atom stereocenters. The molecule has 1 amide bonds. The lowest BCUT2D eigenvalue weighted by Crippen LogP contribution is -2.27. The van der Waals surface area contributed by atoms with E-state index in [1.54, 1.807) is 11.9 Å². The van der Waals surface area contributed by atoms with Gasteiger partial charge in [0.15, 0.2) is 0 Å². The van der Waals surface area contributed by atoms with E-state index in [1.807, 2.05) is 61.5 Å². The molecule has 3 rings (SSSR count). The second-order valence-corrected chi connectivity index (χ2v) is 6.71. The number of thioether (sulfide) groups is 1.